The van der Waals surface area contributed by atoms with Gasteiger partial charge >= 0.3 is 5.97 Å². The van der Waals surface area contributed by atoms with E-state index in [4.69, 9.17) is 4.74 Å². The van der Waals surface area contributed by atoms with Gasteiger partial charge in [0.25, 0.3) is 0 Å². The third kappa shape index (κ3) is 36.3. The van der Waals surface area contributed by atoms with E-state index in [1.54, 1.807) is 0 Å². The predicted molar refractivity (Wildman–Crippen MR) is 204 cm³/mol. The molecule has 0 fully saturated rings. The van der Waals surface area contributed by atoms with Gasteiger partial charge in [-0.1, -0.05) is 207 Å². The van der Waals surface area contributed by atoms with Crippen molar-refractivity contribution < 1.29 is 14.6 Å². The molecule has 1 N–H and O–H groups in total. The summed E-state index contributed by atoms with van der Waals surface area (Å²) in [6.07, 6.45) is 46.4. The fourth-order valence-corrected chi connectivity index (χ4v) is 6.89. The van der Waals surface area contributed by atoms with Crippen molar-refractivity contribution >= 4 is 5.97 Å². The third-order valence-electron chi connectivity index (χ3n) is 10.1. The van der Waals surface area contributed by atoms with Crippen LogP contribution in [-0.2, 0) is 9.53 Å². The van der Waals surface area contributed by atoms with E-state index < -0.39 is 0 Å². The molecule has 0 aliphatic carbocycles. The van der Waals surface area contributed by atoms with Gasteiger partial charge < -0.3 is 9.84 Å². The second-order valence-corrected chi connectivity index (χ2v) is 14.9. The van der Waals surface area contributed by atoms with Crippen molar-refractivity contribution in [3.8, 4) is 0 Å². The van der Waals surface area contributed by atoms with Crippen molar-refractivity contribution in [1.82, 2.24) is 0 Å². The number of rotatable bonds is 39. The van der Waals surface area contributed by atoms with Crippen molar-refractivity contribution in [2.75, 3.05) is 0 Å². The van der Waals surface area contributed by atoms with Gasteiger partial charge in [-0.25, -0.2) is 0 Å². The molecule has 1 unspecified atom stereocenters. The zero-order valence-corrected chi connectivity index (χ0v) is 32.1. The summed E-state index contributed by atoms with van der Waals surface area (Å²) >= 11 is 0. The summed E-state index contributed by atoms with van der Waals surface area (Å²) in [5, 5.41) is 10.3. The number of aliphatic hydroxyl groups excluding tert-OH is 1. The number of unbranched alkanes of at least 4 members (excludes halogenated alkanes) is 28. The molecule has 0 aliphatic heterocycles. The van der Waals surface area contributed by atoms with Gasteiger partial charge in [0.1, 0.15) is 6.10 Å². The topological polar surface area (TPSA) is 46.5 Å². The Morgan fingerprint density at radius 3 is 0.978 bits per heavy atom. The number of hydrogen-bond acceptors (Lipinski definition) is 3. The molecule has 0 aliphatic rings. The Kier molecular flexibility index (Phi) is 38.4. The highest BCUT2D eigenvalue weighted by atomic mass is 16.5. The quantitative estimate of drug-likeness (QED) is 0.0532. The molecule has 0 aromatic rings. The van der Waals surface area contributed by atoms with Crippen molar-refractivity contribution in [2.45, 2.75) is 271 Å². The average molecular weight is 651 g/mol. The Balaban J connectivity index is 4.05. The Morgan fingerprint density at radius 1 is 0.391 bits per heavy atom. The van der Waals surface area contributed by atoms with Gasteiger partial charge in [-0.2, -0.15) is 0 Å². The van der Waals surface area contributed by atoms with E-state index in [0.717, 1.165) is 51.4 Å². The summed E-state index contributed by atoms with van der Waals surface area (Å²) < 4.78 is 6.08. The molecule has 3 heteroatoms. The lowest BCUT2D eigenvalue weighted by molar-refractivity contribution is -0.150. The van der Waals surface area contributed by atoms with Crippen LogP contribution in [0.5, 0.6) is 0 Å². The lowest BCUT2D eigenvalue weighted by Gasteiger charge is -2.18. The second-order valence-electron chi connectivity index (χ2n) is 14.9. The van der Waals surface area contributed by atoms with Crippen LogP contribution in [0.1, 0.15) is 258 Å². The highest BCUT2D eigenvalue weighted by molar-refractivity contribution is 5.69. The zero-order chi connectivity index (χ0) is 33.6. The fourth-order valence-electron chi connectivity index (χ4n) is 6.89. The van der Waals surface area contributed by atoms with Gasteiger partial charge in [0, 0.05) is 6.42 Å². The SMILES string of the molecule is CCCCCCCCCCCCC(CCCCCCCCCCCC)OC(=O)CCCCCCCC(O)CCCCCCCCC. The lowest BCUT2D eigenvalue weighted by Crippen LogP contribution is -2.18. The fraction of sp³-hybridized carbons (Fsp3) is 0.977. The number of ether oxygens (including phenoxy) is 1. The van der Waals surface area contributed by atoms with E-state index in [-0.39, 0.29) is 18.2 Å². The Labute approximate surface area is 290 Å². The van der Waals surface area contributed by atoms with Gasteiger partial charge in [0.05, 0.1) is 6.10 Å². The van der Waals surface area contributed by atoms with Gasteiger partial charge in [0.15, 0.2) is 0 Å². The Morgan fingerprint density at radius 2 is 0.652 bits per heavy atom. The molecule has 276 valence electrons. The average Bonchev–Trinajstić information content (AvgIpc) is 3.05. The molecule has 0 amide bonds. The van der Waals surface area contributed by atoms with E-state index in [0.29, 0.717) is 6.42 Å². The number of hydrogen-bond donors (Lipinski definition) is 1. The van der Waals surface area contributed by atoms with Crippen LogP contribution in [0, 0.1) is 0 Å². The molecular weight excluding hydrogens is 564 g/mol. The maximum atomic E-state index is 12.7. The van der Waals surface area contributed by atoms with Crippen molar-refractivity contribution in [2.24, 2.45) is 0 Å². The van der Waals surface area contributed by atoms with Crippen LogP contribution < -0.4 is 0 Å². The molecule has 0 aromatic heterocycles. The second kappa shape index (κ2) is 38.9. The van der Waals surface area contributed by atoms with E-state index >= 15 is 0 Å². The van der Waals surface area contributed by atoms with Crippen LogP contribution in [0.3, 0.4) is 0 Å². The smallest absolute Gasteiger partial charge is 0.306 e. The molecule has 0 spiro atoms. The summed E-state index contributed by atoms with van der Waals surface area (Å²) in [6, 6.07) is 0. The largest absolute Gasteiger partial charge is 0.462 e. The minimum atomic E-state index is -0.117. The van der Waals surface area contributed by atoms with E-state index in [9.17, 15) is 9.90 Å². The summed E-state index contributed by atoms with van der Waals surface area (Å²) in [4.78, 5) is 12.7. The predicted octanol–water partition coefficient (Wildman–Crippen LogP) is 14.8. The summed E-state index contributed by atoms with van der Waals surface area (Å²) in [6.45, 7) is 6.84. The summed E-state index contributed by atoms with van der Waals surface area (Å²) in [5.41, 5.74) is 0. The highest BCUT2D eigenvalue weighted by Crippen LogP contribution is 2.20. The molecule has 0 rings (SSSR count). The molecule has 0 radical (unpaired) electrons. The van der Waals surface area contributed by atoms with Crippen LogP contribution in [-0.4, -0.2) is 23.3 Å². The minimum Gasteiger partial charge on any atom is -0.462 e. The standard InChI is InChI=1S/C43H86O3/c1-4-7-10-13-16-18-20-23-28-33-38-42(39-34-29-24-21-19-17-14-11-8-5-2)46-43(45)40-35-30-25-27-32-37-41(44)36-31-26-22-15-12-9-6-3/h41-42,44H,4-40H2,1-3H3. The number of carbonyl (C=O) groups is 1. The highest BCUT2D eigenvalue weighted by Gasteiger charge is 2.14. The normalized spacial score (nSPS) is 12.3. The minimum absolute atomic E-state index is 0.0364. The summed E-state index contributed by atoms with van der Waals surface area (Å²) in [5.74, 6) is 0.0364. The van der Waals surface area contributed by atoms with Gasteiger partial charge in [-0.05, 0) is 44.9 Å². The maximum absolute atomic E-state index is 12.7. The molecular formula is C43H86O3. The van der Waals surface area contributed by atoms with E-state index in [1.807, 2.05) is 0 Å². The number of carbonyl (C=O) groups excluding carboxylic acids is 1. The zero-order valence-electron chi connectivity index (χ0n) is 32.1. The van der Waals surface area contributed by atoms with Crippen LogP contribution in [0.25, 0.3) is 0 Å². The maximum Gasteiger partial charge on any atom is 0.306 e. The first-order valence-electron chi connectivity index (χ1n) is 21.5. The monoisotopic (exact) mass is 651 g/mol. The molecule has 0 saturated heterocycles. The molecule has 46 heavy (non-hydrogen) atoms. The summed E-state index contributed by atoms with van der Waals surface area (Å²) in [7, 11) is 0. The number of aliphatic hydroxyl groups is 1. The first kappa shape index (κ1) is 45.4. The first-order chi connectivity index (χ1) is 22.6. The molecule has 0 aromatic carbocycles. The molecule has 3 nitrogen and oxygen atoms in total. The van der Waals surface area contributed by atoms with Crippen molar-refractivity contribution in [3.63, 3.8) is 0 Å². The van der Waals surface area contributed by atoms with Gasteiger partial charge in [-0.3, -0.25) is 4.79 Å². The molecule has 0 saturated carbocycles. The van der Waals surface area contributed by atoms with Crippen LogP contribution in [0.4, 0.5) is 0 Å². The van der Waals surface area contributed by atoms with Crippen LogP contribution >= 0.6 is 0 Å². The molecule has 0 bridgehead atoms. The Bertz CT molecular complexity index is 552. The third-order valence-corrected chi connectivity index (χ3v) is 10.1. The van der Waals surface area contributed by atoms with E-state index in [2.05, 4.69) is 20.8 Å². The van der Waals surface area contributed by atoms with Crippen molar-refractivity contribution in [3.05, 3.63) is 0 Å². The van der Waals surface area contributed by atoms with E-state index in [1.165, 1.54) is 180 Å². The van der Waals surface area contributed by atoms with Crippen LogP contribution in [0.15, 0.2) is 0 Å². The molecule has 1 atom stereocenters. The van der Waals surface area contributed by atoms with Crippen LogP contribution in [0.2, 0.25) is 0 Å². The molecule has 0 heterocycles. The van der Waals surface area contributed by atoms with Gasteiger partial charge in [0.2, 0.25) is 0 Å². The Hall–Kier alpha value is -0.570. The number of esters is 1. The van der Waals surface area contributed by atoms with Crippen molar-refractivity contribution in [1.29, 1.82) is 0 Å². The first-order valence-corrected chi connectivity index (χ1v) is 21.5. The van der Waals surface area contributed by atoms with Gasteiger partial charge in [-0.15, -0.1) is 0 Å². The lowest BCUT2D eigenvalue weighted by atomic mass is 10.0.